The van der Waals surface area contributed by atoms with E-state index in [-0.39, 0.29) is 11.3 Å². The summed E-state index contributed by atoms with van der Waals surface area (Å²) in [5.41, 5.74) is 1.34. The Labute approximate surface area is 179 Å². The zero-order valence-electron chi connectivity index (χ0n) is 16.8. The van der Waals surface area contributed by atoms with E-state index < -0.39 is 23.5 Å². The minimum absolute atomic E-state index is 0.0447. The maximum Gasteiger partial charge on any atom is 0.300 e. The van der Waals surface area contributed by atoms with Crippen LogP contribution in [0.4, 0.5) is 10.1 Å². The topological polar surface area (TPSA) is 66.8 Å². The van der Waals surface area contributed by atoms with Crippen molar-refractivity contribution in [2.45, 2.75) is 13.0 Å². The highest BCUT2D eigenvalue weighted by molar-refractivity contribution is 6.51. The molecule has 3 aromatic rings. The van der Waals surface area contributed by atoms with Gasteiger partial charge in [0.25, 0.3) is 11.7 Å². The molecule has 1 aliphatic rings. The Hall–Kier alpha value is -3.93. The number of hydrogen-bond acceptors (Lipinski definition) is 4. The van der Waals surface area contributed by atoms with E-state index in [2.05, 4.69) is 0 Å². The zero-order valence-corrected chi connectivity index (χ0v) is 16.8. The lowest BCUT2D eigenvalue weighted by Crippen LogP contribution is -2.29. The number of aliphatic hydroxyl groups excluding tert-OH is 1. The van der Waals surface area contributed by atoms with Gasteiger partial charge in [0, 0.05) is 11.3 Å². The van der Waals surface area contributed by atoms with Crippen molar-refractivity contribution < 1.29 is 23.8 Å². The fraction of sp³-hybridized carbons (Fsp3) is 0.120. The summed E-state index contributed by atoms with van der Waals surface area (Å²) in [7, 11) is 0. The van der Waals surface area contributed by atoms with Gasteiger partial charge < -0.3 is 9.84 Å². The highest BCUT2D eigenvalue weighted by Crippen LogP contribution is 2.42. The molecule has 3 aromatic carbocycles. The number of carbonyl (C=O) groups is 2. The number of ether oxygens (including phenoxy) is 1. The predicted molar refractivity (Wildman–Crippen MR) is 115 cm³/mol. The number of benzene rings is 3. The summed E-state index contributed by atoms with van der Waals surface area (Å²) in [6.45, 7) is 2.36. The maximum atomic E-state index is 13.6. The molecule has 156 valence electrons. The van der Waals surface area contributed by atoms with Crippen molar-refractivity contribution in [1.29, 1.82) is 0 Å². The van der Waals surface area contributed by atoms with E-state index in [0.717, 1.165) is 0 Å². The van der Waals surface area contributed by atoms with E-state index in [0.29, 0.717) is 29.2 Å². The smallest absolute Gasteiger partial charge is 0.300 e. The molecule has 1 atom stereocenters. The minimum Gasteiger partial charge on any atom is -0.507 e. The Kier molecular flexibility index (Phi) is 5.54. The Morgan fingerprint density at radius 3 is 2.23 bits per heavy atom. The lowest BCUT2D eigenvalue weighted by molar-refractivity contribution is -0.132. The van der Waals surface area contributed by atoms with E-state index >= 15 is 0 Å². The van der Waals surface area contributed by atoms with Crippen molar-refractivity contribution in [2.75, 3.05) is 11.5 Å². The van der Waals surface area contributed by atoms with Gasteiger partial charge in [-0.2, -0.15) is 0 Å². The van der Waals surface area contributed by atoms with Gasteiger partial charge in [0.05, 0.1) is 18.2 Å². The van der Waals surface area contributed by atoms with Crippen molar-refractivity contribution in [3.05, 3.63) is 101 Å². The quantitative estimate of drug-likeness (QED) is 0.366. The number of anilines is 1. The van der Waals surface area contributed by atoms with E-state index in [1.54, 1.807) is 54.6 Å². The number of halogens is 1. The van der Waals surface area contributed by atoms with Gasteiger partial charge in [-0.05, 0) is 48.9 Å². The molecule has 1 heterocycles. The maximum absolute atomic E-state index is 13.6. The summed E-state index contributed by atoms with van der Waals surface area (Å²) < 4.78 is 19.0. The number of ketones is 1. The molecule has 0 bridgehead atoms. The van der Waals surface area contributed by atoms with Gasteiger partial charge >= 0.3 is 0 Å². The number of carbonyl (C=O) groups excluding carboxylic acids is 2. The van der Waals surface area contributed by atoms with Gasteiger partial charge in [0.15, 0.2) is 0 Å². The first kappa shape index (κ1) is 20.3. The largest absolute Gasteiger partial charge is 0.507 e. The SMILES string of the molecule is CCOc1ccc(N2C(=O)C(=O)C(=C(O)c3ccccc3)[C@H]2c2ccc(F)cc2)cc1. The third kappa shape index (κ3) is 3.80. The third-order valence-electron chi connectivity index (χ3n) is 5.10. The number of amides is 1. The van der Waals surface area contributed by atoms with Gasteiger partial charge in [-0.3, -0.25) is 14.5 Å². The zero-order chi connectivity index (χ0) is 22.0. The van der Waals surface area contributed by atoms with Gasteiger partial charge in [-0.25, -0.2) is 4.39 Å². The second-order valence-corrected chi connectivity index (χ2v) is 7.01. The summed E-state index contributed by atoms with van der Waals surface area (Å²) in [6.07, 6.45) is 0. The molecular weight excluding hydrogens is 397 g/mol. The molecule has 0 aromatic heterocycles. The summed E-state index contributed by atoms with van der Waals surface area (Å²) >= 11 is 0. The van der Waals surface area contributed by atoms with Crippen LogP contribution in [-0.2, 0) is 9.59 Å². The number of Topliss-reactive ketones (excluding diaryl/α,β-unsaturated/α-hetero) is 1. The summed E-state index contributed by atoms with van der Waals surface area (Å²) in [5.74, 6) is -1.66. The second kappa shape index (κ2) is 8.44. The van der Waals surface area contributed by atoms with Gasteiger partial charge in [0.1, 0.15) is 17.3 Å². The van der Waals surface area contributed by atoms with Crippen molar-refractivity contribution in [3.8, 4) is 5.75 Å². The normalized spacial score (nSPS) is 17.7. The number of rotatable bonds is 5. The van der Waals surface area contributed by atoms with Crippen LogP contribution < -0.4 is 9.64 Å². The van der Waals surface area contributed by atoms with Crippen molar-refractivity contribution in [2.24, 2.45) is 0 Å². The van der Waals surface area contributed by atoms with E-state index in [4.69, 9.17) is 4.74 Å². The van der Waals surface area contributed by atoms with Gasteiger partial charge in [-0.1, -0.05) is 42.5 Å². The molecule has 31 heavy (non-hydrogen) atoms. The van der Waals surface area contributed by atoms with Crippen molar-refractivity contribution in [1.82, 2.24) is 0 Å². The van der Waals surface area contributed by atoms with Crippen molar-refractivity contribution >= 4 is 23.1 Å². The van der Waals surface area contributed by atoms with E-state index in [1.807, 2.05) is 6.92 Å². The van der Waals surface area contributed by atoms with Crippen LogP contribution in [0.15, 0.2) is 84.4 Å². The van der Waals surface area contributed by atoms with Crippen LogP contribution in [0, 0.1) is 5.82 Å². The number of aliphatic hydroxyl groups is 1. The predicted octanol–water partition coefficient (Wildman–Crippen LogP) is 4.85. The molecule has 1 fully saturated rings. The average molecular weight is 417 g/mol. The van der Waals surface area contributed by atoms with Crippen LogP contribution in [0.2, 0.25) is 0 Å². The molecular formula is C25H20FNO4. The standard InChI is InChI=1S/C25H20FNO4/c1-2-31-20-14-12-19(13-15-20)27-22(16-8-10-18(26)11-9-16)21(24(29)25(27)30)23(28)17-6-4-3-5-7-17/h3-15,22,28H,2H2,1H3/t22-/m1/s1. The summed E-state index contributed by atoms with van der Waals surface area (Å²) in [4.78, 5) is 27.4. The molecule has 0 spiro atoms. The molecule has 4 rings (SSSR count). The summed E-state index contributed by atoms with van der Waals surface area (Å²) in [5, 5.41) is 11.0. The Morgan fingerprint density at radius 2 is 1.61 bits per heavy atom. The van der Waals surface area contributed by atoms with Crippen LogP contribution in [0.1, 0.15) is 24.1 Å². The molecule has 0 unspecified atom stereocenters. The lowest BCUT2D eigenvalue weighted by Gasteiger charge is -2.25. The lowest BCUT2D eigenvalue weighted by atomic mass is 9.95. The van der Waals surface area contributed by atoms with Crippen LogP contribution in [-0.4, -0.2) is 23.4 Å². The number of hydrogen-bond donors (Lipinski definition) is 1. The molecule has 6 heteroatoms. The average Bonchev–Trinajstić information content (AvgIpc) is 3.06. The highest BCUT2D eigenvalue weighted by Gasteiger charge is 2.46. The molecule has 5 nitrogen and oxygen atoms in total. The Morgan fingerprint density at radius 1 is 0.968 bits per heavy atom. The molecule has 0 radical (unpaired) electrons. The first-order chi connectivity index (χ1) is 15.0. The molecule has 1 saturated heterocycles. The Bertz CT molecular complexity index is 1140. The van der Waals surface area contributed by atoms with Crippen LogP contribution >= 0.6 is 0 Å². The first-order valence-corrected chi connectivity index (χ1v) is 9.86. The molecule has 1 amide bonds. The van der Waals surface area contributed by atoms with Gasteiger partial charge in [0.2, 0.25) is 0 Å². The third-order valence-corrected chi connectivity index (χ3v) is 5.10. The highest BCUT2D eigenvalue weighted by atomic mass is 19.1. The van der Waals surface area contributed by atoms with Crippen LogP contribution in [0.5, 0.6) is 5.75 Å². The fourth-order valence-electron chi connectivity index (χ4n) is 3.68. The fourth-order valence-corrected chi connectivity index (χ4v) is 3.68. The van der Waals surface area contributed by atoms with Crippen LogP contribution in [0.25, 0.3) is 5.76 Å². The molecule has 1 aliphatic heterocycles. The van der Waals surface area contributed by atoms with E-state index in [1.165, 1.54) is 29.2 Å². The Balaban J connectivity index is 1.88. The van der Waals surface area contributed by atoms with E-state index in [9.17, 15) is 19.1 Å². The molecule has 0 aliphatic carbocycles. The van der Waals surface area contributed by atoms with Crippen molar-refractivity contribution in [3.63, 3.8) is 0 Å². The molecule has 1 N–H and O–H groups in total. The van der Waals surface area contributed by atoms with Gasteiger partial charge in [-0.15, -0.1) is 0 Å². The monoisotopic (exact) mass is 417 g/mol. The summed E-state index contributed by atoms with van der Waals surface area (Å²) in [6, 6.07) is 19.9. The number of nitrogens with zero attached hydrogens (tertiary/aromatic N) is 1. The first-order valence-electron chi connectivity index (χ1n) is 9.86. The molecule has 0 saturated carbocycles. The minimum atomic E-state index is -0.904. The second-order valence-electron chi connectivity index (χ2n) is 7.01. The van der Waals surface area contributed by atoms with Crippen LogP contribution in [0.3, 0.4) is 0 Å².